The van der Waals surface area contributed by atoms with Crippen LogP contribution in [-0.2, 0) is 14.3 Å². The van der Waals surface area contributed by atoms with Crippen LogP contribution in [0.3, 0.4) is 0 Å². The summed E-state index contributed by atoms with van der Waals surface area (Å²) in [4.78, 5) is 25.2. The molecule has 0 aromatic carbocycles. The molecule has 2 saturated carbocycles. The summed E-state index contributed by atoms with van der Waals surface area (Å²) in [5, 5.41) is 9.98. The van der Waals surface area contributed by atoms with Gasteiger partial charge in [0.2, 0.25) is 5.91 Å². The summed E-state index contributed by atoms with van der Waals surface area (Å²) in [5.41, 5.74) is 0.941. The summed E-state index contributed by atoms with van der Waals surface area (Å²) in [6, 6.07) is 2.17. The third-order valence-electron chi connectivity index (χ3n) is 5.45. The zero-order valence-corrected chi connectivity index (χ0v) is 15.1. The number of carbonyl (C=O) groups is 2. The maximum Gasteiger partial charge on any atom is 0.251 e. The zero-order valence-electron chi connectivity index (χ0n) is 15.1. The van der Waals surface area contributed by atoms with Gasteiger partial charge < -0.3 is 15.0 Å². The Morgan fingerprint density at radius 1 is 1.32 bits per heavy atom. The molecular weight excluding hydrogens is 320 g/mol. The number of rotatable bonds is 6. The van der Waals surface area contributed by atoms with Crippen LogP contribution in [0.4, 0.5) is 5.82 Å². The molecule has 2 N–H and O–H groups in total. The lowest BCUT2D eigenvalue weighted by Gasteiger charge is -2.40. The van der Waals surface area contributed by atoms with Gasteiger partial charge in [0, 0.05) is 32.0 Å². The lowest BCUT2D eigenvalue weighted by molar-refractivity contribution is -0.131. The second-order valence-electron chi connectivity index (χ2n) is 7.28. The summed E-state index contributed by atoms with van der Waals surface area (Å²) < 4.78 is 5.68. The second kappa shape index (κ2) is 7.99. The molecule has 0 saturated heterocycles. The molecule has 1 heterocycles. The topological polar surface area (TPSA) is 87.3 Å². The SMILES string of the molecule is CC(=O)N(C)[C@H]1C[C@@H](c2cc(NC(=O)COC3CCCCC3)[nH]n2)C1. The highest BCUT2D eigenvalue weighted by Gasteiger charge is 2.35. The zero-order chi connectivity index (χ0) is 17.8. The molecule has 1 aromatic heterocycles. The van der Waals surface area contributed by atoms with Gasteiger partial charge in [0.15, 0.2) is 0 Å². The first-order chi connectivity index (χ1) is 12.0. The maximum absolute atomic E-state index is 12.0. The van der Waals surface area contributed by atoms with Crippen LogP contribution in [0.2, 0.25) is 0 Å². The van der Waals surface area contributed by atoms with Crippen molar-refractivity contribution in [1.82, 2.24) is 15.1 Å². The largest absolute Gasteiger partial charge is 0.368 e. The molecule has 2 aliphatic carbocycles. The number of carbonyl (C=O) groups excluding carboxylic acids is 2. The fourth-order valence-electron chi connectivity index (χ4n) is 3.62. The van der Waals surface area contributed by atoms with Crippen LogP contribution in [0.15, 0.2) is 6.07 Å². The van der Waals surface area contributed by atoms with Gasteiger partial charge in [-0.1, -0.05) is 19.3 Å². The van der Waals surface area contributed by atoms with E-state index in [1.54, 1.807) is 11.8 Å². The van der Waals surface area contributed by atoms with E-state index in [1.807, 2.05) is 13.1 Å². The van der Waals surface area contributed by atoms with Gasteiger partial charge in [-0.15, -0.1) is 0 Å². The monoisotopic (exact) mass is 348 g/mol. The van der Waals surface area contributed by atoms with Crippen molar-refractivity contribution in [2.24, 2.45) is 0 Å². The van der Waals surface area contributed by atoms with E-state index in [4.69, 9.17) is 4.74 Å². The molecule has 0 atom stereocenters. The van der Waals surface area contributed by atoms with Crippen molar-refractivity contribution < 1.29 is 14.3 Å². The fraction of sp³-hybridized carbons (Fsp3) is 0.722. The molecule has 0 bridgehead atoms. The van der Waals surface area contributed by atoms with E-state index >= 15 is 0 Å². The lowest BCUT2D eigenvalue weighted by Crippen LogP contribution is -2.43. The molecule has 1 aromatic rings. The van der Waals surface area contributed by atoms with E-state index in [0.29, 0.717) is 17.8 Å². The number of anilines is 1. The second-order valence-corrected chi connectivity index (χ2v) is 7.28. The average Bonchev–Trinajstić information content (AvgIpc) is 3.00. The molecule has 0 radical (unpaired) electrons. The van der Waals surface area contributed by atoms with Gasteiger partial charge in [0.05, 0.1) is 11.8 Å². The predicted octanol–water partition coefficient (Wildman–Crippen LogP) is 2.42. The Hall–Kier alpha value is -1.89. The third kappa shape index (κ3) is 4.60. The molecule has 25 heavy (non-hydrogen) atoms. The first-order valence-electron chi connectivity index (χ1n) is 9.23. The van der Waals surface area contributed by atoms with Crippen molar-refractivity contribution in [3.05, 3.63) is 11.8 Å². The van der Waals surface area contributed by atoms with Crippen LogP contribution in [0.5, 0.6) is 0 Å². The van der Waals surface area contributed by atoms with Gasteiger partial charge in [-0.3, -0.25) is 14.7 Å². The van der Waals surface area contributed by atoms with Crippen LogP contribution in [0, 0.1) is 0 Å². The van der Waals surface area contributed by atoms with E-state index < -0.39 is 0 Å². The van der Waals surface area contributed by atoms with E-state index in [0.717, 1.165) is 31.4 Å². The van der Waals surface area contributed by atoms with Crippen molar-refractivity contribution in [3.8, 4) is 0 Å². The Morgan fingerprint density at radius 2 is 2.04 bits per heavy atom. The first-order valence-corrected chi connectivity index (χ1v) is 9.23. The van der Waals surface area contributed by atoms with Gasteiger partial charge in [-0.2, -0.15) is 5.10 Å². The van der Waals surface area contributed by atoms with Crippen LogP contribution in [-0.4, -0.2) is 52.7 Å². The minimum atomic E-state index is -0.149. The predicted molar refractivity (Wildman–Crippen MR) is 94.2 cm³/mol. The van der Waals surface area contributed by atoms with E-state index in [1.165, 1.54) is 19.3 Å². The van der Waals surface area contributed by atoms with Crippen molar-refractivity contribution in [2.45, 2.75) is 69.9 Å². The molecule has 2 fully saturated rings. The number of nitrogens with zero attached hydrogens (tertiary/aromatic N) is 2. The van der Waals surface area contributed by atoms with Gasteiger partial charge >= 0.3 is 0 Å². The molecular formula is C18H28N4O3. The molecule has 0 unspecified atom stereocenters. The van der Waals surface area contributed by atoms with E-state index in [2.05, 4.69) is 15.5 Å². The summed E-state index contributed by atoms with van der Waals surface area (Å²) >= 11 is 0. The highest BCUT2D eigenvalue weighted by atomic mass is 16.5. The molecule has 2 aliphatic rings. The number of aromatic nitrogens is 2. The molecule has 0 aliphatic heterocycles. The number of hydrogen-bond donors (Lipinski definition) is 2. The maximum atomic E-state index is 12.0. The summed E-state index contributed by atoms with van der Waals surface area (Å²) in [5.74, 6) is 0.891. The number of aromatic amines is 1. The summed E-state index contributed by atoms with van der Waals surface area (Å²) in [7, 11) is 1.84. The van der Waals surface area contributed by atoms with Crippen LogP contribution in [0.25, 0.3) is 0 Å². The van der Waals surface area contributed by atoms with Crippen LogP contribution < -0.4 is 5.32 Å². The Bertz CT molecular complexity index is 603. The van der Waals surface area contributed by atoms with E-state index in [9.17, 15) is 9.59 Å². The quantitative estimate of drug-likeness (QED) is 0.826. The van der Waals surface area contributed by atoms with Crippen molar-refractivity contribution in [3.63, 3.8) is 0 Å². The number of amides is 2. The van der Waals surface area contributed by atoms with Crippen molar-refractivity contribution in [2.75, 3.05) is 19.0 Å². The van der Waals surface area contributed by atoms with Gasteiger partial charge in [0.1, 0.15) is 12.4 Å². The average molecular weight is 348 g/mol. The minimum absolute atomic E-state index is 0.0912. The lowest BCUT2D eigenvalue weighted by atomic mass is 9.77. The highest BCUT2D eigenvalue weighted by molar-refractivity contribution is 5.90. The Morgan fingerprint density at radius 3 is 2.72 bits per heavy atom. The normalized spacial score (nSPS) is 23.8. The molecule has 0 spiro atoms. The third-order valence-corrected chi connectivity index (χ3v) is 5.45. The number of nitrogens with one attached hydrogen (secondary N) is 2. The van der Waals surface area contributed by atoms with Crippen LogP contribution >= 0.6 is 0 Å². The molecule has 3 rings (SSSR count). The Labute approximate surface area is 148 Å². The van der Waals surface area contributed by atoms with Gasteiger partial charge in [0.25, 0.3) is 5.91 Å². The standard InChI is InChI=1S/C18H28N4O3/c1-12(23)22(2)14-8-13(9-14)16-10-17(21-20-16)19-18(24)11-25-15-6-4-3-5-7-15/h10,13-15H,3-9,11H2,1-2H3,(H2,19,20,21,24)/t13-,14+. The highest BCUT2D eigenvalue weighted by Crippen LogP contribution is 2.39. The van der Waals surface area contributed by atoms with Crippen molar-refractivity contribution >= 4 is 17.6 Å². The number of hydrogen-bond acceptors (Lipinski definition) is 4. The van der Waals surface area contributed by atoms with Gasteiger partial charge in [-0.25, -0.2) is 0 Å². The summed E-state index contributed by atoms with van der Waals surface area (Å²) in [6.45, 7) is 1.68. The minimum Gasteiger partial charge on any atom is -0.368 e. The van der Waals surface area contributed by atoms with Gasteiger partial charge in [-0.05, 0) is 25.7 Å². The molecule has 7 heteroatoms. The smallest absolute Gasteiger partial charge is 0.251 e. The first kappa shape index (κ1) is 17.9. The number of ether oxygens (including phenoxy) is 1. The molecule has 2 amide bonds. The van der Waals surface area contributed by atoms with Crippen molar-refractivity contribution in [1.29, 1.82) is 0 Å². The fourth-order valence-corrected chi connectivity index (χ4v) is 3.62. The van der Waals surface area contributed by atoms with E-state index in [-0.39, 0.29) is 24.5 Å². The number of H-pyrrole nitrogens is 1. The molecule has 138 valence electrons. The summed E-state index contributed by atoms with van der Waals surface area (Å²) in [6.07, 6.45) is 7.82. The van der Waals surface area contributed by atoms with Crippen LogP contribution in [0.1, 0.15) is 63.5 Å². The molecule has 7 nitrogen and oxygen atoms in total. The Kier molecular flexibility index (Phi) is 5.73. The Balaban J connectivity index is 1.41.